The van der Waals surface area contributed by atoms with Gasteiger partial charge in [0.15, 0.2) is 5.82 Å². The van der Waals surface area contributed by atoms with Gasteiger partial charge in [0.1, 0.15) is 12.1 Å². The van der Waals surface area contributed by atoms with Crippen LogP contribution >= 0.6 is 11.3 Å². The average molecular weight is 695 g/mol. The molecule has 50 heavy (non-hydrogen) atoms. The molecule has 8 nitrogen and oxygen atoms in total. The maximum absolute atomic E-state index is 13.2. The minimum Gasteiger partial charge on any atom is -0.480 e. The van der Waals surface area contributed by atoms with Crippen LogP contribution in [0.4, 0.5) is 0 Å². The van der Waals surface area contributed by atoms with Crippen LogP contribution in [0.2, 0.25) is 0 Å². The third-order valence-corrected chi connectivity index (χ3v) is 11.3. The number of carboxylic acid groups (broad SMARTS) is 1. The van der Waals surface area contributed by atoms with Gasteiger partial charge in [-0.3, -0.25) is 14.4 Å². The van der Waals surface area contributed by atoms with E-state index < -0.39 is 24.0 Å². The predicted molar refractivity (Wildman–Crippen MR) is 200 cm³/mol. The number of thiophene rings is 1. The first-order chi connectivity index (χ1) is 23.9. The maximum Gasteiger partial charge on any atom is 0.325 e. The van der Waals surface area contributed by atoms with Crippen LogP contribution in [0.3, 0.4) is 0 Å². The number of hydrogen-bond donors (Lipinski definition) is 3. The van der Waals surface area contributed by atoms with Gasteiger partial charge in [-0.25, -0.2) is 9.97 Å². The molecule has 2 amide bonds. The molecule has 0 radical (unpaired) electrons. The summed E-state index contributed by atoms with van der Waals surface area (Å²) in [6.45, 7) is 9.89. The topological polar surface area (TPSA) is 121 Å². The summed E-state index contributed by atoms with van der Waals surface area (Å²) in [6, 6.07) is 18.0. The fraction of sp³-hybridized carbons (Fsp3) is 0.439. The molecule has 2 atom stereocenters. The van der Waals surface area contributed by atoms with Gasteiger partial charge in [-0.1, -0.05) is 95.5 Å². The first kappa shape index (κ1) is 36.9. The predicted octanol–water partition coefficient (Wildman–Crippen LogP) is 8.56. The molecule has 1 fully saturated rings. The summed E-state index contributed by atoms with van der Waals surface area (Å²) < 4.78 is 0. The molecular weight excluding hydrogens is 645 g/mol. The quantitative estimate of drug-likeness (QED) is 0.129. The highest BCUT2D eigenvalue weighted by Crippen LogP contribution is 2.38. The molecule has 0 bridgehead atoms. The monoisotopic (exact) mass is 694 g/mol. The molecule has 3 N–H and O–H groups in total. The van der Waals surface area contributed by atoms with Gasteiger partial charge >= 0.3 is 5.97 Å². The Morgan fingerprint density at radius 3 is 2.08 bits per heavy atom. The zero-order valence-corrected chi connectivity index (χ0v) is 30.7. The lowest BCUT2D eigenvalue weighted by Gasteiger charge is -2.29. The second-order valence-corrected chi connectivity index (χ2v) is 15.8. The first-order valence-corrected chi connectivity index (χ1v) is 18.7. The normalized spacial score (nSPS) is 17.5. The molecule has 1 aliphatic carbocycles. The van der Waals surface area contributed by atoms with Crippen molar-refractivity contribution >= 4 is 29.1 Å². The van der Waals surface area contributed by atoms with Gasteiger partial charge in [0.25, 0.3) is 5.91 Å². The van der Waals surface area contributed by atoms with Crippen molar-refractivity contribution in [3.05, 3.63) is 93.9 Å². The molecule has 1 aliphatic rings. The molecule has 2 aromatic heterocycles. The van der Waals surface area contributed by atoms with Crippen LogP contribution in [0.5, 0.6) is 0 Å². The van der Waals surface area contributed by atoms with Crippen molar-refractivity contribution in [2.45, 2.75) is 109 Å². The molecule has 1 saturated carbocycles. The van der Waals surface area contributed by atoms with Crippen LogP contribution in [-0.4, -0.2) is 44.9 Å². The number of unbranched alkanes of at least 4 members (excludes halogenated alkanes) is 1. The summed E-state index contributed by atoms with van der Waals surface area (Å²) in [7, 11) is 0. The standard InChI is InChI=1S/C41H50N4O4S/c1-6-7-8-27-9-13-29(14-10-27)30-17-19-31(20-18-30)33-24-42-37(43-25-33)32-15-11-28(12-16-32)23-34(38(46)44-26(2)40(48)49)45-39(47)35-21-22-36(50-35)41(3,4)5/h11-12,15-22,24-27,29,34H,6-10,13-14,23H2,1-5H3,(H,44,46)(H,45,47)(H,48,49)/t26-,27?,29?,34+/m1/s1. The van der Waals surface area contributed by atoms with Crippen LogP contribution in [0.25, 0.3) is 22.5 Å². The van der Waals surface area contributed by atoms with Gasteiger partial charge in [-0.2, -0.15) is 0 Å². The van der Waals surface area contributed by atoms with E-state index in [1.54, 1.807) is 6.07 Å². The number of carbonyl (C=O) groups excluding carboxylic acids is 2. The van der Waals surface area contributed by atoms with Gasteiger partial charge in [0.05, 0.1) is 4.88 Å². The molecule has 0 unspecified atom stereocenters. The van der Waals surface area contributed by atoms with Crippen molar-refractivity contribution in [3.8, 4) is 22.5 Å². The van der Waals surface area contributed by atoms with Gasteiger partial charge in [-0.15, -0.1) is 11.3 Å². The van der Waals surface area contributed by atoms with Crippen molar-refractivity contribution in [2.24, 2.45) is 5.92 Å². The number of nitrogens with zero attached hydrogens (tertiary/aromatic N) is 2. The number of aromatic nitrogens is 2. The Balaban J connectivity index is 1.22. The fourth-order valence-corrected chi connectivity index (χ4v) is 7.52. The van der Waals surface area contributed by atoms with Crippen molar-refractivity contribution in [2.75, 3.05) is 0 Å². The molecular formula is C41H50N4O4S. The van der Waals surface area contributed by atoms with Gasteiger partial charge in [0, 0.05) is 34.8 Å². The van der Waals surface area contributed by atoms with Crippen LogP contribution in [-0.2, 0) is 21.4 Å². The molecule has 2 aromatic carbocycles. The maximum atomic E-state index is 13.2. The van der Waals surface area contributed by atoms with Crippen LogP contribution in [0, 0.1) is 5.92 Å². The van der Waals surface area contributed by atoms with Gasteiger partial charge < -0.3 is 15.7 Å². The second-order valence-electron chi connectivity index (χ2n) is 14.7. The third kappa shape index (κ3) is 9.65. The van der Waals surface area contributed by atoms with E-state index in [9.17, 15) is 19.5 Å². The Morgan fingerprint density at radius 1 is 0.860 bits per heavy atom. The first-order valence-electron chi connectivity index (χ1n) is 17.9. The van der Waals surface area contributed by atoms with E-state index in [4.69, 9.17) is 0 Å². The minimum atomic E-state index is -1.15. The number of amides is 2. The van der Waals surface area contributed by atoms with E-state index in [-0.39, 0.29) is 17.7 Å². The average Bonchev–Trinajstić information content (AvgIpc) is 3.63. The zero-order chi connectivity index (χ0) is 35.8. The minimum absolute atomic E-state index is 0.110. The molecule has 9 heteroatoms. The van der Waals surface area contributed by atoms with Crippen molar-refractivity contribution in [3.63, 3.8) is 0 Å². The lowest BCUT2D eigenvalue weighted by atomic mass is 9.77. The van der Waals surface area contributed by atoms with Crippen molar-refractivity contribution < 1.29 is 19.5 Å². The van der Waals surface area contributed by atoms with E-state index in [0.29, 0.717) is 16.6 Å². The Bertz CT molecular complexity index is 1740. The van der Waals surface area contributed by atoms with Crippen molar-refractivity contribution in [1.82, 2.24) is 20.6 Å². The zero-order valence-electron chi connectivity index (χ0n) is 29.9. The number of carboxylic acids is 1. The van der Waals surface area contributed by atoms with Gasteiger partial charge in [0.2, 0.25) is 5.91 Å². The van der Waals surface area contributed by atoms with Crippen LogP contribution in [0.15, 0.2) is 73.1 Å². The molecule has 0 spiro atoms. The summed E-state index contributed by atoms with van der Waals surface area (Å²) in [6.07, 6.45) is 13.1. The number of aliphatic carboxylic acids is 1. The number of benzene rings is 2. The van der Waals surface area contributed by atoms with E-state index >= 15 is 0 Å². The smallest absolute Gasteiger partial charge is 0.325 e. The lowest BCUT2D eigenvalue weighted by Crippen LogP contribution is -2.51. The number of rotatable bonds is 13. The largest absolute Gasteiger partial charge is 0.480 e. The highest BCUT2D eigenvalue weighted by molar-refractivity contribution is 7.14. The summed E-state index contributed by atoms with van der Waals surface area (Å²) >= 11 is 1.38. The van der Waals surface area contributed by atoms with Crippen molar-refractivity contribution in [1.29, 1.82) is 0 Å². The fourth-order valence-electron chi connectivity index (χ4n) is 6.55. The number of hydrogen-bond acceptors (Lipinski definition) is 6. The Morgan fingerprint density at radius 2 is 1.50 bits per heavy atom. The Hall–Kier alpha value is -4.37. The van der Waals surface area contributed by atoms with E-state index in [2.05, 4.69) is 72.6 Å². The second kappa shape index (κ2) is 16.6. The molecule has 5 rings (SSSR count). The number of carbonyl (C=O) groups is 3. The SMILES string of the molecule is CCCCC1CCC(c2ccc(-c3cnc(-c4ccc(C[C@H](NC(=O)c5ccc(C(C)(C)C)s5)C(=O)N[C@H](C)C(=O)O)cc4)nc3)cc2)CC1. The summed E-state index contributed by atoms with van der Waals surface area (Å²) in [5.74, 6) is 0.0493. The Kier molecular flexibility index (Phi) is 12.2. The van der Waals surface area contributed by atoms with E-state index in [1.807, 2.05) is 42.7 Å². The highest BCUT2D eigenvalue weighted by Gasteiger charge is 2.27. The van der Waals surface area contributed by atoms with E-state index in [0.717, 1.165) is 33.0 Å². The Labute approximate surface area is 300 Å². The molecule has 4 aromatic rings. The third-order valence-electron chi connectivity index (χ3n) is 9.75. The molecule has 264 valence electrons. The lowest BCUT2D eigenvalue weighted by molar-refractivity contribution is -0.141. The van der Waals surface area contributed by atoms with Crippen LogP contribution < -0.4 is 10.6 Å². The molecule has 2 heterocycles. The highest BCUT2D eigenvalue weighted by atomic mass is 32.1. The molecule has 0 saturated heterocycles. The van der Waals surface area contributed by atoms with Gasteiger partial charge in [-0.05, 0) is 78.7 Å². The molecule has 0 aliphatic heterocycles. The summed E-state index contributed by atoms with van der Waals surface area (Å²) in [5.41, 5.74) is 4.99. The number of nitrogens with one attached hydrogen (secondary N) is 2. The van der Waals surface area contributed by atoms with E-state index in [1.165, 1.54) is 68.8 Å². The summed E-state index contributed by atoms with van der Waals surface area (Å²) in [4.78, 5) is 48.6. The van der Waals surface area contributed by atoms with Crippen LogP contribution in [0.1, 0.15) is 111 Å². The summed E-state index contributed by atoms with van der Waals surface area (Å²) in [5, 5.41) is 14.7.